The largest absolute Gasteiger partial charge is 0.462 e. The fourth-order valence-electron chi connectivity index (χ4n) is 4.09. The average Bonchev–Trinajstić information content (AvgIpc) is 3.02. The molecule has 0 amide bonds. The Hall–Kier alpha value is -2.92. The van der Waals surface area contributed by atoms with Crippen molar-refractivity contribution in [3.05, 3.63) is 85.1 Å². The van der Waals surface area contributed by atoms with Gasteiger partial charge < -0.3 is 14.6 Å². The number of ether oxygens (including phenoxy) is 2. The van der Waals surface area contributed by atoms with Crippen molar-refractivity contribution in [2.24, 2.45) is 0 Å². The number of unbranched alkanes of at least 4 members (excludes halogenated alkanes) is 7. The quantitative estimate of drug-likeness (QED) is 0.0518. The van der Waals surface area contributed by atoms with Gasteiger partial charge in [-0.2, -0.15) is 0 Å². The Morgan fingerprint density at radius 3 is 1.57 bits per heavy atom. The molecule has 0 aliphatic rings. The maximum Gasteiger partial charge on any atom is 0.306 e. The van der Waals surface area contributed by atoms with Crippen LogP contribution in [0.5, 0.6) is 0 Å². The molecule has 5 nitrogen and oxygen atoms in total. The molecule has 0 fully saturated rings. The van der Waals surface area contributed by atoms with Crippen LogP contribution in [0.4, 0.5) is 0 Å². The van der Waals surface area contributed by atoms with Gasteiger partial charge in [-0.25, -0.2) is 0 Å². The Balaban J connectivity index is 3.78. The minimum atomic E-state index is -0.809. The minimum Gasteiger partial charge on any atom is -0.462 e. The lowest BCUT2D eigenvalue weighted by molar-refractivity contribution is -0.161. The topological polar surface area (TPSA) is 72.8 Å². The second-order valence-electron chi connectivity index (χ2n) is 10.9. The SMILES string of the molecule is CCC=CCC=CCC=CCC=CCC=CCC=CCCC(=O)OC[C@H](CO)OC(=O)CCCCCCCC=CCCCC. The number of rotatable bonds is 29. The molecule has 0 spiro atoms. The molecule has 0 aromatic rings. The van der Waals surface area contributed by atoms with Crippen LogP contribution in [-0.2, 0) is 19.1 Å². The molecule has 0 radical (unpaired) electrons. The zero-order valence-corrected chi connectivity index (χ0v) is 27.9. The summed E-state index contributed by atoms with van der Waals surface area (Å²) in [6.45, 7) is 3.88. The third-order valence-corrected chi connectivity index (χ3v) is 6.69. The fourth-order valence-corrected chi connectivity index (χ4v) is 4.09. The van der Waals surface area contributed by atoms with Crippen LogP contribution in [0.1, 0.15) is 129 Å². The Bertz CT molecular complexity index is 875. The maximum atomic E-state index is 12.1. The summed E-state index contributed by atoms with van der Waals surface area (Å²) in [5, 5.41) is 9.49. The normalized spacial score (nSPS) is 13.2. The van der Waals surface area contributed by atoms with Gasteiger partial charge >= 0.3 is 11.9 Å². The number of hydrogen-bond acceptors (Lipinski definition) is 5. The van der Waals surface area contributed by atoms with Crippen molar-refractivity contribution < 1.29 is 24.2 Å². The molecule has 0 aromatic heterocycles. The number of aliphatic hydroxyl groups is 1. The summed E-state index contributed by atoms with van der Waals surface area (Å²) in [6, 6.07) is 0. The summed E-state index contributed by atoms with van der Waals surface area (Å²) >= 11 is 0. The first-order valence-electron chi connectivity index (χ1n) is 17.1. The van der Waals surface area contributed by atoms with E-state index in [0.29, 0.717) is 12.8 Å². The van der Waals surface area contributed by atoms with Gasteiger partial charge in [-0.3, -0.25) is 9.59 Å². The van der Waals surface area contributed by atoms with E-state index < -0.39 is 6.10 Å². The predicted molar refractivity (Wildman–Crippen MR) is 186 cm³/mol. The summed E-state index contributed by atoms with van der Waals surface area (Å²) in [6.07, 6.45) is 46.5. The molecule has 1 atom stereocenters. The minimum absolute atomic E-state index is 0.114. The number of allylic oxidation sites excluding steroid dienone is 14. The van der Waals surface area contributed by atoms with E-state index in [4.69, 9.17) is 9.47 Å². The molecule has 0 saturated heterocycles. The highest BCUT2D eigenvalue weighted by Crippen LogP contribution is 2.10. The monoisotopic (exact) mass is 610 g/mol. The van der Waals surface area contributed by atoms with Gasteiger partial charge in [-0.15, -0.1) is 0 Å². The highest BCUT2D eigenvalue weighted by Gasteiger charge is 2.15. The van der Waals surface area contributed by atoms with E-state index in [2.05, 4.69) is 86.8 Å². The zero-order valence-electron chi connectivity index (χ0n) is 27.9. The van der Waals surface area contributed by atoms with Crippen molar-refractivity contribution in [3.8, 4) is 0 Å². The smallest absolute Gasteiger partial charge is 0.306 e. The van der Waals surface area contributed by atoms with Gasteiger partial charge in [-0.05, 0) is 70.6 Å². The van der Waals surface area contributed by atoms with Crippen LogP contribution < -0.4 is 0 Å². The molecular weight excluding hydrogens is 548 g/mol. The number of esters is 2. The third-order valence-electron chi connectivity index (χ3n) is 6.69. The maximum absolute atomic E-state index is 12.1. The van der Waals surface area contributed by atoms with Gasteiger partial charge in [0.25, 0.3) is 0 Å². The van der Waals surface area contributed by atoms with Crippen molar-refractivity contribution in [1.29, 1.82) is 0 Å². The Labute approximate surface area is 269 Å². The van der Waals surface area contributed by atoms with Crippen LogP contribution in [0.2, 0.25) is 0 Å². The Kier molecular flexibility index (Phi) is 32.3. The van der Waals surface area contributed by atoms with Crippen LogP contribution >= 0.6 is 0 Å². The van der Waals surface area contributed by atoms with E-state index in [1.807, 2.05) is 12.2 Å². The summed E-state index contributed by atoms with van der Waals surface area (Å²) in [5.74, 6) is -0.712. The van der Waals surface area contributed by atoms with Crippen LogP contribution in [0.25, 0.3) is 0 Å². The van der Waals surface area contributed by atoms with Gasteiger partial charge in [0.1, 0.15) is 6.61 Å². The molecule has 0 heterocycles. The van der Waals surface area contributed by atoms with Gasteiger partial charge in [0, 0.05) is 12.8 Å². The molecule has 1 N–H and O–H groups in total. The summed E-state index contributed by atoms with van der Waals surface area (Å²) in [4.78, 5) is 24.1. The lowest BCUT2D eigenvalue weighted by Crippen LogP contribution is -2.28. The highest BCUT2D eigenvalue weighted by atomic mass is 16.6. The highest BCUT2D eigenvalue weighted by molar-refractivity contribution is 5.70. The molecule has 0 aromatic carbocycles. The molecule has 44 heavy (non-hydrogen) atoms. The Morgan fingerprint density at radius 1 is 0.545 bits per heavy atom. The second kappa shape index (κ2) is 34.6. The number of carbonyl (C=O) groups excluding carboxylic acids is 2. The first-order valence-corrected chi connectivity index (χ1v) is 17.1. The van der Waals surface area contributed by atoms with Gasteiger partial charge in [0.2, 0.25) is 0 Å². The molecular formula is C39H62O5. The molecule has 0 unspecified atom stereocenters. The molecule has 0 aliphatic carbocycles. The Morgan fingerprint density at radius 2 is 1.02 bits per heavy atom. The summed E-state index contributed by atoms with van der Waals surface area (Å²) in [7, 11) is 0. The standard InChI is InChI=1S/C39H62O5/c1-3-5-7-9-11-13-15-16-17-18-19-20-21-22-24-25-27-29-31-33-38(41)43-36-37(35-40)44-39(42)34-32-30-28-26-23-14-12-10-8-6-4-2/h5,7,10-13,16-17,19-20,22,24,27,29,37,40H,3-4,6,8-9,14-15,18,21,23,25-26,28,30-36H2,1-2H3/t37-/m0/s1. The van der Waals surface area contributed by atoms with Gasteiger partial charge in [0.15, 0.2) is 6.10 Å². The number of aliphatic hydroxyl groups excluding tert-OH is 1. The third kappa shape index (κ3) is 32.0. The first-order chi connectivity index (χ1) is 21.6. The molecule has 0 saturated carbocycles. The lowest BCUT2D eigenvalue weighted by atomic mass is 10.1. The van der Waals surface area contributed by atoms with Crippen LogP contribution in [-0.4, -0.2) is 36.4 Å². The number of carbonyl (C=O) groups is 2. The fraction of sp³-hybridized carbons (Fsp3) is 0.590. The zero-order chi connectivity index (χ0) is 32.2. The van der Waals surface area contributed by atoms with E-state index in [1.54, 1.807) is 0 Å². The molecule has 248 valence electrons. The number of hydrogen-bond donors (Lipinski definition) is 1. The lowest BCUT2D eigenvalue weighted by Gasteiger charge is -2.15. The van der Waals surface area contributed by atoms with Crippen molar-refractivity contribution in [2.45, 2.75) is 136 Å². The van der Waals surface area contributed by atoms with Gasteiger partial charge in [0.05, 0.1) is 6.61 Å². The van der Waals surface area contributed by atoms with E-state index in [0.717, 1.165) is 64.2 Å². The van der Waals surface area contributed by atoms with E-state index >= 15 is 0 Å². The molecule has 0 bridgehead atoms. The predicted octanol–water partition coefficient (Wildman–Crippen LogP) is 10.4. The van der Waals surface area contributed by atoms with E-state index in [9.17, 15) is 14.7 Å². The van der Waals surface area contributed by atoms with E-state index in [1.165, 1.54) is 32.1 Å². The summed E-state index contributed by atoms with van der Waals surface area (Å²) < 4.78 is 10.5. The molecule has 0 rings (SSSR count). The first kappa shape index (κ1) is 41.1. The van der Waals surface area contributed by atoms with Crippen molar-refractivity contribution in [1.82, 2.24) is 0 Å². The van der Waals surface area contributed by atoms with Crippen molar-refractivity contribution in [2.75, 3.05) is 13.2 Å². The summed E-state index contributed by atoms with van der Waals surface area (Å²) in [5.41, 5.74) is 0. The average molecular weight is 611 g/mol. The van der Waals surface area contributed by atoms with Gasteiger partial charge in [-0.1, -0.05) is 131 Å². The molecule has 0 aliphatic heterocycles. The van der Waals surface area contributed by atoms with Crippen LogP contribution in [0.15, 0.2) is 85.1 Å². The van der Waals surface area contributed by atoms with Crippen molar-refractivity contribution in [3.63, 3.8) is 0 Å². The van der Waals surface area contributed by atoms with Crippen LogP contribution in [0.3, 0.4) is 0 Å². The second-order valence-corrected chi connectivity index (χ2v) is 10.9. The molecule has 5 heteroatoms. The van der Waals surface area contributed by atoms with E-state index in [-0.39, 0.29) is 31.6 Å². The van der Waals surface area contributed by atoms with Crippen LogP contribution in [0, 0.1) is 0 Å². The van der Waals surface area contributed by atoms with Crippen molar-refractivity contribution >= 4 is 11.9 Å².